The first-order chi connectivity index (χ1) is 11.8. The van der Waals surface area contributed by atoms with Gasteiger partial charge < -0.3 is 5.32 Å². The van der Waals surface area contributed by atoms with Gasteiger partial charge in [0, 0.05) is 23.1 Å². The van der Waals surface area contributed by atoms with Crippen molar-refractivity contribution in [1.29, 1.82) is 0 Å². The third kappa shape index (κ3) is 3.07. The van der Waals surface area contributed by atoms with Crippen molar-refractivity contribution in [2.75, 3.05) is 4.90 Å². The van der Waals surface area contributed by atoms with Gasteiger partial charge in [-0.3, -0.25) is 14.5 Å². The Morgan fingerprint density at radius 3 is 2.40 bits per heavy atom. The summed E-state index contributed by atoms with van der Waals surface area (Å²) >= 11 is 0. The number of carbonyl (C=O) groups excluding carboxylic acids is 2. The molecule has 2 aliphatic rings. The normalized spacial score (nSPS) is 21.9. The molecule has 1 aliphatic heterocycles. The number of amides is 2. The van der Waals surface area contributed by atoms with Crippen LogP contribution in [0.2, 0.25) is 0 Å². The second kappa shape index (κ2) is 6.47. The molecule has 1 atom stereocenters. The smallest absolute Gasteiger partial charge is 0.244 e. The van der Waals surface area contributed by atoms with E-state index in [0.29, 0.717) is 6.42 Å². The van der Waals surface area contributed by atoms with Crippen LogP contribution in [0.3, 0.4) is 0 Å². The molecule has 1 fully saturated rings. The van der Waals surface area contributed by atoms with E-state index >= 15 is 0 Å². The van der Waals surface area contributed by atoms with E-state index in [4.69, 9.17) is 0 Å². The molecule has 1 spiro atoms. The van der Waals surface area contributed by atoms with Crippen LogP contribution >= 0.6 is 0 Å². The summed E-state index contributed by atoms with van der Waals surface area (Å²) in [6.45, 7) is 7.85. The topological polar surface area (TPSA) is 49.4 Å². The lowest BCUT2D eigenvalue weighted by Crippen LogP contribution is -2.59. The number of nitrogens with zero attached hydrogens (tertiary/aromatic N) is 1. The van der Waals surface area contributed by atoms with Gasteiger partial charge in [0.2, 0.25) is 11.8 Å². The summed E-state index contributed by atoms with van der Waals surface area (Å²) in [5.74, 6) is 0.0105. The number of nitrogens with one attached hydrogen (secondary N) is 1. The van der Waals surface area contributed by atoms with E-state index in [2.05, 4.69) is 11.4 Å². The highest BCUT2D eigenvalue weighted by Crippen LogP contribution is 2.53. The molecular formula is C21H30N2O2. The number of rotatable bonds is 2. The standard InChI is InChI=1S/C21H30N2O2/c1-5-17(24)23-16-12-8-7-11-15(16)21(13-9-6-10-14-21)18(23)19(25)22-20(2,3)4/h7-8,11-12,18H,5-6,9-10,13-14H2,1-4H3,(H,22,25). The quantitative estimate of drug-likeness (QED) is 0.885. The first-order valence-corrected chi connectivity index (χ1v) is 9.54. The SMILES string of the molecule is CCC(=O)N1c2ccccc2C2(CCCCC2)C1C(=O)NC(C)(C)C. The predicted octanol–water partition coefficient (Wildman–Crippen LogP) is 3.93. The molecule has 1 aliphatic carbocycles. The minimum Gasteiger partial charge on any atom is -0.350 e. The Kier molecular flexibility index (Phi) is 4.65. The maximum absolute atomic E-state index is 13.3. The van der Waals surface area contributed by atoms with Gasteiger partial charge in [0.15, 0.2) is 0 Å². The number of para-hydroxylation sites is 1. The molecule has 1 unspecified atom stereocenters. The number of hydrogen-bond donors (Lipinski definition) is 1. The van der Waals surface area contributed by atoms with E-state index in [0.717, 1.165) is 31.4 Å². The van der Waals surface area contributed by atoms with Crippen molar-refractivity contribution in [3.63, 3.8) is 0 Å². The van der Waals surface area contributed by atoms with Crippen LogP contribution in [0.25, 0.3) is 0 Å². The Labute approximate surface area is 151 Å². The summed E-state index contributed by atoms with van der Waals surface area (Å²) in [7, 11) is 0. The number of hydrogen-bond acceptors (Lipinski definition) is 2. The molecule has 2 amide bonds. The van der Waals surface area contributed by atoms with Crippen LogP contribution in [-0.4, -0.2) is 23.4 Å². The molecule has 4 nitrogen and oxygen atoms in total. The van der Waals surface area contributed by atoms with Crippen LogP contribution in [0.1, 0.15) is 71.8 Å². The zero-order chi connectivity index (χ0) is 18.2. The summed E-state index contributed by atoms with van der Waals surface area (Å²) in [6.07, 6.45) is 5.78. The first-order valence-electron chi connectivity index (χ1n) is 9.54. The van der Waals surface area contributed by atoms with E-state index in [-0.39, 0.29) is 22.8 Å². The third-order valence-electron chi connectivity index (χ3n) is 5.55. The highest BCUT2D eigenvalue weighted by molar-refractivity contribution is 6.05. The van der Waals surface area contributed by atoms with Crippen LogP contribution in [0.5, 0.6) is 0 Å². The Hall–Kier alpha value is -1.84. The fraction of sp³-hybridized carbons (Fsp3) is 0.619. The van der Waals surface area contributed by atoms with Crippen molar-refractivity contribution < 1.29 is 9.59 Å². The van der Waals surface area contributed by atoms with E-state index in [9.17, 15) is 9.59 Å². The number of anilines is 1. The second-order valence-electron chi connectivity index (χ2n) is 8.49. The van der Waals surface area contributed by atoms with Gasteiger partial charge in [-0.1, -0.05) is 44.4 Å². The van der Waals surface area contributed by atoms with Gasteiger partial charge in [0.25, 0.3) is 0 Å². The van der Waals surface area contributed by atoms with E-state index in [1.54, 1.807) is 4.90 Å². The Morgan fingerprint density at radius 2 is 1.80 bits per heavy atom. The molecule has 1 saturated carbocycles. The zero-order valence-electron chi connectivity index (χ0n) is 15.9. The Morgan fingerprint density at radius 1 is 1.16 bits per heavy atom. The lowest BCUT2D eigenvalue weighted by Gasteiger charge is -2.41. The molecule has 1 aromatic carbocycles. The van der Waals surface area contributed by atoms with Crippen LogP contribution in [0.15, 0.2) is 24.3 Å². The van der Waals surface area contributed by atoms with Gasteiger partial charge in [-0.25, -0.2) is 0 Å². The molecule has 1 N–H and O–H groups in total. The maximum Gasteiger partial charge on any atom is 0.244 e. The minimum atomic E-state index is -0.433. The lowest BCUT2D eigenvalue weighted by molar-refractivity contribution is -0.129. The molecule has 25 heavy (non-hydrogen) atoms. The van der Waals surface area contributed by atoms with Crippen molar-refractivity contribution in [3.8, 4) is 0 Å². The van der Waals surface area contributed by atoms with Gasteiger partial charge in [-0.15, -0.1) is 0 Å². The molecule has 1 heterocycles. The highest BCUT2D eigenvalue weighted by Gasteiger charge is 2.56. The number of fused-ring (bicyclic) bond motifs is 2. The van der Waals surface area contributed by atoms with Gasteiger partial charge in [0.05, 0.1) is 0 Å². The largest absolute Gasteiger partial charge is 0.350 e. The Balaban J connectivity index is 2.13. The summed E-state index contributed by atoms with van der Waals surface area (Å²) in [4.78, 5) is 28.0. The molecule has 0 radical (unpaired) electrons. The molecule has 0 saturated heterocycles. The van der Waals surface area contributed by atoms with Crippen molar-refractivity contribution in [1.82, 2.24) is 5.32 Å². The van der Waals surface area contributed by atoms with Crippen molar-refractivity contribution in [2.24, 2.45) is 0 Å². The number of benzene rings is 1. The van der Waals surface area contributed by atoms with Crippen LogP contribution in [-0.2, 0) is 15.0 Å². The summed E-state index contributed by atoms with van der Waals surface area (Å²) in [6, 6.07) is 7.70. The monoisotopic (exact) mass is 342 g/mol. The second-order valence-corrected chi connectivity index (χ2v) is 8.49. The molecular weight excluding hydrogens is 312 g/mol. The average Bonchev–Trinajstić information content (AvgIpc) is 2.84. The minimum absolute atomic E-state index is 0.0209. The lowest BCUT2D eigenvalue weighted by atomic mass is 9.66. The molecule has 4 heteroatoms. The van der Waals surface area contributed by atoms with Gasteiger partial charge in [0.1, 0.15) is 6.04 Å². The fourth-order valence-electron chi connectivity index (χ4n) is 4.62. The van der Waals surface area contributed by atoms with Crippen molar-refractivity contribution in [3.05, 3.63) is 29.8 Å². The highest BCUT2D eigenvalue weighted by atomic mass is 16.2. The third-order valence-corrected chi connectivity index (χ3v) is 5.55. The molecule has 0 aromatic heterocycles. The fourth-order valence-corrected chi connectivity index (χ4v) is 4.62. The molecule has 136 valence electrons. The Bertz CT molecular complexity index is 669. The van der Waals surface area contributed by atoms with Crippen molar-refractivity contribution >= 4 is 17.5 Å². The summed E-state index contributed by atoms with van der Waals surface area (Å²) in [5.41, 5.74) is 1.56. The number of carbonyl (C=O) groups is 2. The van der Waals surface area contributed by atoms with Crippen LogP contribution in [0.4, 0.5) is 5.69 Å². The van der Waals surface area contributed by atoms with Crippen LogP contribution < -0.4 is 10.2 Å². The summed E-state index contributed by atoms with van der Waals surface area (Å²) in [5, 5.41) is 3.14. The molecule has 3 rings (SSSR count). The summed E-state index contributed by atoms with van der Waals surface area (Å²) < 4.78 is 0. The molecule has 0 bridgehead atoms. The van der Waals surface area contributed by atoms with Gasteiger partial charge >= 0.3 is 0 Å². The molecule has 1 aromatic rings. The van der Waals surface area contributed by atoms with E-state index in [1.807, 2.05) is 45.9 Å². The van der Waals surface area contributed by atoms with Crippen molar-refractivity contribution in [2.45, 2.75) is 83.2 Å². The van der Waals surface area contributed by atoms with E-state index in [1.165, 1.54) is 12.0 Å². The van der Waals surface area contributed by atoms with Gasteiger partial charge in [-0.2, -0.15) is 0 Å². The van der Waals surface area contributed by atoms with E-state index < -0.39 is 6.04 Å². The average molecular weight is 342 g/mol. The van der Waals surface area contributed by atoms with Crippen LogP contribution in [0, 0.1) is 0 Å². The first kappa shape index (κ1) is 18.0. The predicted molar refractivity (Wildman–Crippen MR) is 101 cm³/mol. The maximum atomic E-state index is 13.3. The van der Waals surface area contributed by atoms with Gasteiger partial charge in [-0.05, 0) is 45.2 Å². The zero-order valence-corrected chi connectivity index (χ0v) is 15.9.